The quantitative estimate of drug-likeness (QED) is 0.731. The van der Waals surface area contributed by atoms with Crippen LogP contribution in [0.25, 0.3) is 0 Å². The molecule has 0 bridgehead atoms. The van der Waals surface area contributed by atoms with E-state index >= 15 is 0 Å². The summed E-state index contributed by atoms with van der Waals surface area (Å²) >= 11 is 3.12. The van der Waals surface area contributed by atoms with Gasteiger partial charge >= 0.3 is 6.16 Å². The molecule has 1 aromatic heterocycles. The smallest absolute Gasteiger partial charge is 0.449 e. The Morgan fingerprint density at radius 1 is 1.64 bits per heavy atom. The minimum Gasteiger partial charge on any atom is -0.449 e. The number of aromatic nitrogens is 1. The molecule has 0 saturated heterocycles. The van der Waals surface area contributed by atoms with E-state index in [2.05, 4.69) is 25.7 Å². The molecular weight excluding hydrogens is 214 g/mol. The topological polar surface area (TPSA) is 59.4 Å². The van der Waals surface area contributed by atoms with Crippen LogP contribution in [-0.2, 0) is 0 Å². The lowest BCUT2D eigenvalue weighted by Gasteiger charge is -1.97. The van der Waals surface area contributed by atoms with Gasteiger partial charge in [-0.1, -0.05) is 0 Å². The molecule has 0 unspecified atom stereocenters. The third-order valence-electron chi connectivity index (χ3n) is 0.885. The molecule has 1 rings (SSSR count). The van der Waals surface area contributed by atoms with E-state index in [-0.39, 0.29) is 5.75 Å². The van der Waals surface area contributed by atoms with Crippen molar-refractivity contribution in [2.24, 2.45) is 0 Å². The fourth-order valence-corrected chi connectivity index (χ4v) is 0.893. The average molecular weight is 218 g/mol. The fourth-order valence-electron chi connectivity index (χ4n) is 0.549. The minimum atomic E-state index is -1.34. The lowest BCUT2D eigenvalue weighted by Crippen LogP contribution is -2.02. The number of hydrogen-bond donors (Lipinski definition) is 1. The van der Waals surface area contributed by atoms with Gasteiger partial charge in [-0.2, -0.15) is 0 Å². The van der Waals surface area contributed by atoms with Crippen molar-refractivity contribution in [3.05, 3.63) is 22.9 Å². The highest BCUT2D eigenvalue weighted by Crippen LogP contribution is 2.15. The van der Waals surface area contributed by atoms with Gasteiger partial charge in [0, 0.05) is 10.7 Å². The molecule has 1 heterocycles. The molecule has 4 nitrogen and oxygen atoms in total. The van der Waals surface area contributed by atoms with Gasteiger partial charge in [0.25, 0.3) is 0 Å². The number of carboxylic acid groups (broad SMARTS) is 1. The zero-order chi connectivity index (χ0) is 8.27. The normalized spacial score (nSPS) is 9.18. The van der Waals surface area contributed by atoms with Crippen LogP contribution >= 0.6 is 15.9 Å². The highest BCUT2D eigenvalue weighted by molar-refractivity contribution is 9.10. The molecule has 1 N–H and O–H groups in total. The largest absolute Gasteiger partial charge is 0.511 e. The van der Waals surface area contributed by atoms with Crippen LogP contribution in [0.15, 0.2) is 22.9 Å². The molecule has 0 spiro atoms. The Labute approximate surface area is 71.0 Å². The zero-order valence-electron chi connectivity index (χ0n) is 5.32. The van der Waals surface area contributed by atoms with Gasteiger partial charge in [-0.05, 0) is 22.0 Å². The van der Waals surface area contributed by atoms with Crippen LogP contribution in [0.2, 0.25) is 0 Å². The fraction of sp³-hybridized carbons (Fsp3) is 0. The van der Waals surface area contributed by atoms with Gasteiger partial charge < -0.3 is 9.84 Å². The molecule has 0 amide bonds. The summed E-state index contributed by atoms with van der Waals surface area (Å²) in [5, 5.41) is 8.19. The van der Waals surface area contributed by atoms with Gasteiger partial charge in [-0.25, -0.2) is 4.79 Å². The van der Waals surface area contributed by atoms with Crippen molar-refractivity contribution in [3.8, 4) is 5.75 Å². The monoisotopic (exact) mass is 217 g/mol. The Hall–Kier alpha value is -1.10. The van der Waals surface area contributed by atoms with Gasteiger partial charge in [0.15, 0.2) is 5.75 Å². The first kappa shape index (κ1) is 8.00. The van der Waals surface area contributed by atoms with Crippen molar-refractivity contribution in [3.63, 3.8) is 0 Å². The van der Waals surface area contributed by atoms with Crippen molar-refractivity contribution < 1.29 is 14.6 Å². The molecule has 0 aromatic carbocycles. The van der Waals surface area contributed by atoms with Crippen LogP contribution in [0.4, 0.5) is 4.79 Å². The van der Waals surface area contributed by atoms with Gasteiger partial charge in [0.2, 0.25) is 0 Å². The summed E-state index contributed by atoms with van der Waals surface area (Å²) in [6.45, 7) is 0. The van der Waals surface area contributed by atoms with Crippen LogP contribution in [0.1, 0.15) is 0 Å². The number of pyridine rings is 1. The molecule has 0 aliphatic heterocycles. The van der Waals surface area contributed by atoms with Gasteiger partial charge in [0.05, 0.1) is 6.20 Å². The lowest BCUT2D eigenvalue weighted by molar-refractivity contribution is 0.144. The van der Waals surface area contributed by atoms with E-state index in [4.69, 9.17) is 5.11 Å². The summed E-state index contributed by atoms with van der Waals surface area (Å²) in [7, 11) is 0. The molecule has 11 heavy (non-hydrogen) atoms. The number of halogens is 1. The second-order valence-corrected chi connectivity index (χ2v) is 2.62. The Bertz CT molecular complexity index is 276. The minimum absolute atomic E-state index is 0.201. The van der Waals surface area contributed by atoms with Gasteiger partial charge in [-0.15, -0.1) is 0 Å². The number of rotatable bonds is 1. The summed E-state index contributed by atoms with van der Waals surface area (Å²) in [5.74, 6) is 0.201. The SMILES string of the molecule is O=C(O)Oc1cncc(Br)c1. The van der Waals surface area contributed by atoms with Crippen molar-refractivity contribution >= 4 is 22.1 Å². The van der Waals surface area contributed by atoms with Gasteiger partial charge in [0.1, 0.15) is 0 Å². The summed E-state index contributed by atoms with van der Waals surface area (Å²) < 4.78 is 5.00. The highest BCUT2D eigenvalue weighted by Gasteiger charge is 2.00. The lowest BCUT2D eigenvalue weighted by atomic mass is 10.5. The highest BCUT2D eigenvalue weighted by atomic mass is 79.9. The van der Waals surface area contributed by atoms with Gasteiger partial charge in [-0.3, -0.25) is 4.98 Å². The second kappa shape index (κ2) is 3.34. The Balaban J connectivity index is 2.79. The van der Waals surface area contributed by atoms with Crippen LogP contribution in [0.3, 0.4) is 0 Å². The summed E-state index contributed by atoms with van der Waals surface area (Å²) in [5.41, 5.74) is 0. The Kier molecular flexibility index (Phi) is 2.43. The molecule has 0 aliphatic rings. The van der Waals surface area contributed by atoms with E-state index in [1.807, 2.05) is 0 Å². The van der Waals surface area contributed by atoms with Crippen molar-refractivity contribution in [1.29, 1.82) is 0 Å². The zero-order valence-corrected chi connectivity index (χ0v) is 6.91. The number of hydrogen-bond acceptors (Lipinski definition) is 3. The average Bonchev–Trinajstić information content (AvgIpc) is 1.85. The predicted octanol–water partition coefficient (Wildman–Crippen LogP) is 1.90. The van der Waals surface area contributed by atoms with Crippen LogP contribution < -0.4 is 4.74 Å². The second-order valence-electron chi connectivity index (χ2n) is 1.71. The maximum atomic E-state index is 10.0. The molecule has 1 aromatic rings. The van der Waals surface area contributed by atoms with E-state index in [0.29, 0.717) is 4.47 Å². The number of ether oxygens (including phenoxy) is 1. The van der Waals surface area contributed by atoms with Crippen molar-refractivity contribution in [2.75, 3.05) is 0 Å². The number of nitrogens with zero attached hydrogens (tertiary/aromatic N) is 1. The summed E-state index contributed by atoms with van der Waals surface area (Å²) in [6.07, 6.45) is 1.51. The Morgan fingerprint density at radius 2 is 2.36 bits per heavy atom. The summed E-state index contributed by atoms with van der Waals surface area (Å²) in [4.78, 5) is 13.7. The molecule has 0 fully saturated rings. The molecule has 0 saturated carbocycles. The molecular formula is C6H4BrNO3. The summed E-state index contributed by atoms with van der Waals surface area (Å²) in [6, 6.07) is 1.52. The van der Waals surface area contributed by atoms with Crippen LogP contribution in [0.5, 0.6) is 5.75 Å². The first-order valence-electron chi connectivity index (χ1n) is 2.70. The third kappa shape index (κ3) is 2.55. The molecule has 5 heteroatoms. The van der Waals surface area contributed by atoms with E-state index in [1.54, 1.807) is 0 Å². The van der Waals surface area contributed by atoms with Crippen molar-refractivity contribution in [1.82, 2.24) is 4.98 Å². The molecule has 0 aliphatic carbocycles. The van der Waals surface area contributed by atoms with Crippen molar-refractivity contribution in [2.45, 2.75) is 0 Å². The number of carbonyl (C=O) groups is 1. The Morgan fingerprint density at radius 3 is 2.91 bits per heavy atom. The molecule has 0 atom stereocenters. The van der Waals surface area contributed by atoms with E-state index in [9.17, 15) is 4.79 Å². The third-order valence-corrected chi connectivity index (χ3v) is 1.32. The van der Waals surface area contributed by atoms with E-state index in [1.165, 1.54) is 18.5 Å². The van der Waals surface area contributed by atoms with E-state index in [0.717, 1.165) is 0 Å². The molecule has 58 valence electrons. The standard InChI is InChI=1S/C6H4BrNO3/c7-4-1-5(3-8-2-4)11-6(9)10/h1-3H,(H,9,10). The maximum Gasteiger partial charge on any atom is 0.511 e. The molecule has 0 radical (unpaired) electrons. The maximum absolute atomic E-state index is 10.0. The first-order chi connectivity index (χ1) is 5.18. The first-order valence-corrected chi connectivity index (χ1v) is 3.49. The predicted molar refractivity (Wildman–Crippen MR) is 40.6 cm³/mol. The van der Waals surface area contributed by atoms with E-state index < -0.39 is 6.16 Å². The van der Waals surface area contributed by atoms with Crippen LogP contribution in [0, 0.1) is 0 Å². The van der Waals surface area contributed by atoms with Crippen LogP contribution in [-0.4, -0.2) is 16.2 Å².